The summed E-state index contributed by atoms with van der Waals surface area (Å²) in [4.78, 5) is 2.45. The van der Waals surface area contributed by atoms with Gasteiger partial charge in [-0.3, -0.25) is 0 Å². The predicted molar refractivity (Wildman–Crippen MR) is 107 cm³/mol. The number of hydrogen-bond donors (Lipinski definition) is 8. The monoisotopic (exact) mass is 428 g/mol. The average Bonchev–Trinajstić information content (AvgIpc) is 2.72. The molecule has 0 fully saturated rings. The van der Waals surface area contributed by atoms with Gasteiger partial charge in [-0.05, 0) is 39.9 Å². The number of thiocarbonyl (C=S) groups is 1. The van der Waals surface area contributed by atoms with Gasteiger partial charge in [-0.15, -0.1) is 0 Å². The summed E-state index contributed by atoms with van der Waals surface area (Å²) in [7, 11) is 0. The third-order valence-corrected chi connectivity index (χ3v) is 5.63. The molecule has 11 heteroatoms. The van der Waals surface area contributed by atoms with E-state index in [2.05, 4.69) is 0 Å². The van der Waals surface area contributed by atoms with Crippen molar-refractivity contribution in [3.63, 3.8) is 0 Å². The van der Waals surface area contributed by atoms with Crippen LogP contribution in [0.15, 0.2) is 0 Å². The van der Waals surface area contributed by atoms with Gasteiger partial charge in [-0.25, -0.2) is 0 Å². The van der Waals surface area contributed by atoms with Crippen LogP contribution in [0.5, 0.6) is 0 Å². The topological polar surface area (TPSA) is 168 Å². The predicted octanol–water partition coefficient (Wildman–Crippen LogP) is -3.15. The number of aliphatic hydroxyl groups excluding tert-OH is 8. The van der Waals surface area contributed by atoms with Gasteiger partial charge in [-0.2, -0.15) is 0 Å². The van der Waals surface area contributed by atoms with Crippen molar-refractivity contribution in [1.82, 2.24) is 9.80 Å². The van der Waals surface area contributed by atoms with Gasteiger partial charge in [0.15, 0.2) is 5.11 Å². The summed E-state index contributed by atoms with van der Waals surface area (Å²) in [5.74, 6) is 0. The summed E-state index contributed by atoms with van der Waals surface area (Å²) in [6.45, 7) is 0.887. The Morgan fingerprint density at radius 2 is 0.643 bits per heavy atom. The maximum atomic E-state index is 9.93. The molecule has 0 aromatic rings. The molecular formula is C17H36N2O8S. The zero-order valence-electron chi connectivity index (χ0n) is 17.0. The molecular weight excluding hydrogens is 392 g/mol. The second-order valence-corrected chi connectivity index (χ2v) is 8.57. The van der Waals surface area contributed by atoms with Crippen molar-refractivity contribution in [3.8, 4) is 0 Å². The van der Waals surface area contributed by atoms with Crippen LogP contribution in [0.1, 0.15) is 27.7 Å². The molecule has 0 unspecified atom stereocenters. The summed E-state index contributed by atoms with van der Waals surface area (Å²) in [6, 6.07) is 0. The van der Waals surface area contributed by atoms with E-state index in [0.29, 0.717) is 0 Å². The number of aliphatic hydroxyl groups is 8. The highest BCUT2D eigenvalue weighted by molar-refractivity contribution is 7.80. The summed E-state index contributed by atoms with van der Waals surface area (Å²) >= 11 is 5.58. The molecule has 0 spiro atoms. The van der Waals surface area contributed by atoms with Crippen molar-refractivity contribution in [2.24, 2.45) is 0 Å². The maximum Gasteiger partial charge on any atom is 0.174 e. The Labute approximate surface area is 171 Å². The molecule has 0 aliphatic carbocycles. The first kappa shape index (κ1) is 27.4. The molecule has 10 nitrogen and oxygen atoms in total. The van der Waals surface area contributed by atoms with E-state index < -0.39 is 75.0 Å². The van der Waals surface area contributed by atoms with E-state index in [1.165, 1.54) is 37.5 Å². The minimum Gasteiger partial charge on any atom is -0.394 e. The molecule has 0 heterocycles. The number of hydrogen-bond acceptors (Lipinski definition) is 9. The first-order chi connectivity index (χ1) is 12.9. The molecule has 28 heavy (non-hydrogen) atoms. The van der Waals surface area contributed by atoms with Crippen molar-refractivity contribution < 1.29 is 40.9 Å². The Kier molecular flexibility index (Phi) is 10.2. The SMILES string of the molecule is CC(CO)(CO)N(C(=S)N(C(C)(CO)CO)C(C)(CO)CO)C(C)(CO)CO. The average molecular weight is 429 g/mol. The van der Waals surface area contributed by atoms with Crippen LogP contribution in [-0.4, -0.2) is 131 Å². The van der Waals surface area contributed by atoms with Crippen LogP contribution >= 0.6 is 12.2 Å². The zero-order valence-corrected chi connectivity index (χ0v) is 17.9. The van der Waals surface area contributed by atoms with Gasteiger partial charge in [0.05, 0.1) is 75.0 Å². The highest BCUT2D eigenvalue weighted by Gasteiger charge is 2.52. The van der Waals surface area contributed by atoms with Gasteiger partial charge in [0.25, 0.3) is 0 Å². The normalized spacial score (nSPS) is 13.6. The molecule has 168 valence electrons. The lowest BCUT2D eigenvalue weighted by Gasteiger charge is -2.58. The van der Waals surface area contributed by atoms with E-state index in [9.17, 15) is 40.9 Å². The highest BCUT2D eigenvalue weighted by atomic mass is 32.1. The van der Waals surface area contributed by atoms with Crippen molar-refractivity contribution in [1.29, 1.82) is 0 Å². The van der Waals surface area contributed by atoms with Crippen LogP contribution in [-0.2, 0) is 0 Å². The molecule has 0 aromatic heterocycles. The molecule has 0 bridgehead atoms. The Balaban J connectivity index is 6.85. The Bertz CT molecular complexity index is 414. The Morgan fingerprint density at radius 3 is 0.750 bits per heavy atom. The van der Waals surface area contributed by atoms with Crippen molar-refractivity contribution in [3.05, 3.63) is 0 Å². The van der Waals surface area contributed by atoms with E-state index in [-0.39, 0.29) is 5.11 Å². The van der Waals surface area contributed by atoms with E-state index >= 15 is 0 Å². The summed E-state index contributed by atoms with van der Waals surface area (Å²) in [5.41, 5.74) is -5.86. The molecule has 8 N–H and O–H groups in total. The lowest BCUT2D eigenvalue weighted by molar-refractivity contribution is -0.0928. The van der Waals surface area contributed by atoms with Crippen LogP contribution in [0.3, 0.4) is 0 Å². The molecule has 0 amide bonds. The quantitative estimate of drug-likeness (QED) is 0.148. The fraction of sp³-hybridized carbons (Fsp3) is 0.941. The molecule has 0 atom stereocenters. The molecule has 0 aliphatic heterocycles. The van der Waals surface area contributed by atoms with Crippen molar-refractivity contribution in [2.75, 3.05) is 52.9 Å². The lowest BCUT2D eigenvalue weighted by atomic mass is 9.89. The Morgan fingerprint density at radius 1 is 0.500 bits per heavy atom. The van der Waals surface area contributed by atoms with Crippen molar-refractivity contribution in [2.45, 2.75) is 49.9 Å². The van der Waals surface area contributed by atoms with Gasteiger partial charge in [-0.1, -0.05) is 0 Å². The van der Waals surface area contributed by atoms with Crippen molar-refractivity contribution >= 4 is 17.3 Å². The van der Waals surface area contributed by atoms with E-state index in [1.54, 1.807) is 0 Å². The second-order valence-electron chi connectivity index (χ2n) is 8.21. The summed E-state index contributed by atoms with van der Waals surface area (Å²) in [6.07, 6.45) is 0. The van der Waals surface area contributed by atoms with Crippen LogP contribution in [0.2, 0.25) is 0 Å². The largest absolute Gasteiger partial charge is 0.394 e. The van der Waals surface area contributed by atoms with E-state index in [1.807, 2.05) is 0 Å². The van der Waals surface area contributed by atoms with E-state index in [4.69, 9.17) is 12.2 Å². The van der Waals surface area contributed by atoms with Crippen LogP contribution in [0.4, 0.5) is 0 Å². The number of rotatable bonds is 12. The smallest absolute Gasteiger partial charge is 0.174 e. The standard InChI is InChI=1S/C17H36N2O8S/c1-14(5-20,6-21)18(15(2,7-22)8-23)13(28)19(16(3,9-24)10-25)17(4,11-26)12-27/h20-27H,5-12H2,1-4H3. The molecule has 0 aliphatic rings. The van der Waals surface area contributed by atoms with E-state index in [0.717, 1.165) is 0 Å². The molecule has 0 radical (unpaired) electrons. The minimum atomic E-state index is -1.47. The van der Waals surface area contributed by atoms with Crippen LogP contribution in [0, 0.1) is 0 Å². The third kappa shape index (κ3) is 4.91. The molecule has 0 saturated heterocycles. The van der Waals surface area contributed by atoms with Gasteiger partial charge in [0.2, 0.25) is 0 Å². The highest BCUT2D eigenvalue weighted by Crippen LogP contribution is 2.34. The first-order valence-electron chi connectivity index (χ1n) is 8.90. The minimum absolute atomic E-state index is 0.201. The zero-order chi connectivity index (χ0) is 22.4. The van der Waals surface area contributed by atoms with Crippen LogP contribution < -0.4 is 0 Å². The second kappa shape index (κ2) is 10.4. The first-order valence-corrected chi connectivity index (χ1v) is 9.31. The summed E-state index contributed by atoms with van der Waals surface area (Å²) in [5, 5.41) is 79.3. The fourth-order valence-electron chi connectivity index (χ4n) is 3.09. The fourth-order valence-corrected chi connectivity index (χ4v) is 3.97. The van der Waals surface area contributed by atoms with Gasteiger partial charge < -0.3 is 50.7 Å². The Hall–Kier alpha value is -0.630. The van der Waals surface area contributed by atoms with Gasteiger partial charge >= 0.3 is 0 Å². The molecule has 0 rings (SSSR count). The van der Waals surface area contributed by atoms with Gasteiger partial charge in [0, 0.05) is 0 Å². The molecule has 0 saturated carbocycles. The lowest BCUT2D eigenvalue weighted by Crippen LogP contribution is -2.75. The van der Waals surface area contributed by atoms with Gasteiger partial charge in [0.1, 0.15) is 0 Å². The third-order valence-electron chi connectivity index (χ3n) is 5.27. The molecule has 0 aromatic carbocycles. The maximum absolute atomic E-state index is 9.93. The summed E-state index contributed by atoms with van der Waals surface area (Å²) < 4.78 is 0. The number of nitrogens with zero attached hydrogens (tertiary/aromatic N) is 2. The van der Waals surface area contributed by atoms with Crippen LogP contribution in [0.25, 0.3) is 0 Å².